The molecule has 0 unspecified atom stereocenters. The number of unbranched alkanes of at least 4 members (excludes halogenated alkanes) is 1. The number of anilines is 1. The van der Waals surface area contributed by atoms with E-state index in [0.717, 1.165) is 41.3 Å². The first-order chi connectivity index (χ1) is 8.98. The fourth-order valence-electron chi connectivity index (χ4n) is 1.71. The minimum atomic E-state index is -0.205. The molecule has 0 aliphatic rings. The van der Waals surface area contributed by atoms with Crippen molar-refractivity contribution in [2.45, 2.75) is 38.0 Å². The number of nitrogen functional groups attached to an aromatic ring is 1. The Bertz CT molecular complexity index is 452. The summed E-state index contributed by atoms with van der Waals surface area (Å²) >= 11 is 1.78. The van der Waals surface area contributed by atoms with Crippen molar-refractivity contribution in [1.29, 1.82) is 5.26 Å². The van der Waals surface area contributed by atoms with Gasteiger partial charge in [-0.1, -0.05) is 6.42 Å². The third-order valence-corrected chi connectivity index (χ3v) is 4.09. The summed E-state index contributed by atoms with van der Waals surface area (Å²) in [5.74, 6) is 1.87. The summed E-state index contributed by atoms with van der Waals surface area (Å²) in [7, 11) is 1.66. The molecule has 1 rings (SSSR count). The molecule has 0 fully saturated rings. The molecule has 0 amide bonds. The first kappa shape index (κ1) is 15.7. The Balaban J connectivity index is 2.36. The van der Waals surface area contributed by atoms with Gasteiger partial charge in [0.25, 0.3) is 0 Å². The standard InChI is InChI=1S/C15H22N2OS/c1-15(2,11-16)8-4-5-9-19-14-7-6-12(17)10-13(14)18-3/h6-7,10H,4-5,8-9,17H2,1-3H3. The average Bonchev–Trinajstić information content (AvgIpc) is 2.39. The maximum absolute atomic E-state index is 8.94. The number of hydrogen-bond donors (Lipinski definition) is 1. The van der Waals surface area contributed by atoms with E-state index in [1.54, 1.807) is 18.9 Å². The Morgan fingerprint density at radius 3 is 2.74 bits per heavy atom. The van der Waals surface area contributed by atoms with Crippen molar-refractivity contribution in [3.63, 3.8) is 0 Å². The number of nitrogens with zero attached hydrogens (tertiary/aromatic N) is 1. The Hall–Kier alpha value is -1.34. The maximum atomic E-state index is 8.94. The highest BCUT2D eigenvalue weighted by Crippen LogP contribution is 2.32. The van der Waals surface area contributed by atoms with Gasteiger partial charge in [0.2, 0.25) is 0 Å². The van der Waals surface area contributed by atoms with E-state index in [2.05, 4.69) is 6.07 Å². The van der Waals surface area contributed by atoms with E-state index in [0.29, 0.717) is 0 Å². The first-order valence-corrected chi connectivity index (χ1v) is 7.44. The third kappa shape index (κ3) is 5.44. The number of methoxy groups -OCH3 is 1. The van der Waals surface area contributed by atoms with Crippen molar-refractivity contribution < 1.29 is 4.74 Å². The Morgan fingerprint density at radius 1 is 1.37 bits per heavy atom. The lowest BCUT2D eigenvalue weighted by molar-refractivity contribution is 0.405. The zero-order valence-corrected chi connectivity index (χ0v) is 12.7. The molecule has 0 radical (unpaired) electrons. The van der Waals surface area contributed by atoms with E-state index < -0.39 is 0 Å². The lowest BCUT2D eigenvalue weighted by Crippen LogP contribution is -2.07. The van der Waals surface area contributed by atoms with Crippen molar-refractivity contribution in [2.75, 3.05) is 18.6 Å². The second-order valence-corrected chi connectivity index (χ2v) is 6.35. The lowest BCUT2D eigenvalue weighted by atomic mass is 9.89. The number of rotatable bonds is 7. The van der Waals surface area contributed by atoms with Gasteiger partial charge in [0.05, 0.1) is 18.6 Å². The van der Waals surface area contributed by atoms with Gasteiger partial charge in [-0.05, 0) is 44.6 Å². The van der Waals surface area contributed by atoms with Crippen LogP contribution in [0.3, 0.4) is 0 Å². The third-order valence-electron chi connectivity index (χ3n) is 2.94. The second-order valence-electron chi connectivity index (χ2n) is 5.21. The maximum Gasteiger partial charge on any atom is 0.134 e. The molecule has 0 saturated heterocycles. The molecule has 4 heteroatoms. The van der Waals surface area contributed by atoms with E-state index in [-0.39, 0.29) is 5.41 Å². The van der Waals surface area contributed by atoms with Crippen molar-refractivity contribution in [3.8, 4) is 11.8 Å². The zero-order chi connectivity index (χ0) is 14.3. The molecule has 0 aliphatic heterocycles. The van der Waals surface area contributed by atoms with E-state index in [4.69, 9.17) is 15.7 Å². The molecule has 0 spiro atoms. The van der Waals surface area contributed by atoms with E-state index >= 15 is 0 Å². The Labute approximate surface area is 120 Å². The molecule has 3 nitrogen and oxygen atoms in total. The molecule has 0 atom stereocenters. The molecule has 1 aromatic rings. The fourth-order valence-corrected chi connectivity index (χ4v) is 2.73. The van der Waals surface area contributed by atoms with Crippen LogP contribution in [0.1, 0.15) is 33.1 Å². The van der Waals surface area contributed by atoms with Crippen molar-refractivity contribution in [2.24, 2.45) is 5.41 Å². The summed E-state index contributed by atoms with van der Waals surface area (Å²) in [5.41, 5.74) is 6.24. The van der Waals surface area contributed by atoms with Crippen LogP contribution < -0.4 is 10.5 Å². The van der Waals surface area contributed by atoms with E-state index in [9.17, 15) is 0 Å². The monoisotopic (exact) mass is 278 g/mol. The summed E-state index contributed by atoms with van der Waals surface area (Å²) < 4.78 is 5.31. The molecule has 104 valence electrons. The van der Waals surface area contributed by atoms with Gasteiger partial charge in [-0.25, -0.2) is 0 Å². The Morgan fingerprint density at radius 2 is 2.11 bits per heavy atom. The SMILES string of the molecule is COc1cc(N)ccc1SCCCCC(C)(C)C#N. The molecule has 2 N–H and O–H groups in total. The number of ether oxygens (including phenoxy) is 1. The molecular formula is C15H22N2OS. The number of nitrogens with two attached hydrogens (primary N) is 1. The molecule has 0 heterocycles. The van der Waals surface area contributed by atoms with Gasteiger partial charge in [-0.2, -0.15) is 5.26 Å². The predicted molar refractivity (Wildman–Crippen MR) is 81.4 cm³/mol. The van der Waals surface area contributed by atoms with E-state index in [1.165, 1.54) is 0 Å². The largest absolute Gasteiger partial charge is 0.496 e. The predicted octanol–water partition coefficient (Wildman–Crippen LogP) is 4.09. The quantitative estimate of drug-likeness (QED) is 0.463. The highest BCUT2D eigenvalue weighted by atomic mass is 32.2. The number of benzene rings is 1. The van der Waals surface area contributed by atoms with Gasteiger partial charge < -0.3 is 10.5 Å². The summed E-state index contributed by atoms with van der Waals surface area (Å²) in [4.78, 5) is 1.12. The smallest absolute Gasteiger partial charge is 0.134 e. The zero-order valence-electron chi connectivity index (χ0n) is 11.9. The van der Waals surface area contributed by atoms with E-state index in [1.807, 2.05) is 32.0 Å². The first-order valence-electron chi connectivity index (χ1n) is 6.46. The fraction of sp³-hybridized carbons (Fsp3) is 0.533. The van der Waals surface area contributed by atoms with Crippen LogP contribution in [0.5, 0.6) is 5.75 Å². The topological polar surface area (TPSA) is 59.0 Å². The molecule has 0 bridgehead atoms. The van der Waals surface area contributed by atoms with Crippen molar-refractivity contribution in [1.82, 2.24) is 0 Å². The minimum absolute atomic E-state index is 0.205. The Kier molecular flexibility index (Phi) is 6.04. The van der Waals surface area contributed by atoms with Gasteiger partial charge >= 0.3 is 0 Å². The van der Waals surface area contributed by atoms with Gasteiger partial charge in [-0.3, -0.25) is 0 Å². The van der Waals surface area contributed by atoms with Crippen LogP contribution in [0.4, 0.5) is 5.69 Å². The highest BCUT2D eigenvalue weighted by molar-refractivity contribution is 7.99. The van der Waals surface area contributed by atoms with Crippen LogP contribution in [-0.2, 0) is 0 Å². The lowest BCUT2D eigenvalue weighted by Gasteiger charge is -2.14. The number of thioether (sulfide) groups is 1. The van der Waals surface area contributed by atoms with Crippen molar-refractivity contribution >= 4 is 17.4 Å². The number of nitriles is 1. The van der Waals surface area contributed by atoms with Crippen LogP contribution >= 0.6 is 11.8 Å². The van der Waals surface area contributed by atoms with Gasteiger partial charge in [0, 0.05) is 16.6 Å². The van der Waals surface area contributed by atoms with Gasteiger partial charge in [0.15, 0.2) is 0 Å². The van der Waals surface area contributed by atoms with Gasteiger partial charge in [-0.15, -0.1) is 11.8 Å². The molecule has 0 saturated carbocycles. The molecular weight excluding hydrogens is 256 g/mol. The molecule has 19 heavy (non-hydrogen) atoms. The second kappa shape index (κ2) is 7.30. The van der Waals surface area contributed by atoms with Crippen LogP contribution in [-0.4, -0.2) is 12.9 Å². The average molecular weight is 278 g/mol. The minimum Gasteiger partial charge on any atom is -0.496 e. The van der Waals surface area contributed by atoms with Crippen LogP contribution in [0.2, 0.25) is 0 Å². The van der Waals surface area contributed by atoms with Crippen LogP contribution in [0, 0.1) is 16.7 Å². The molecule has 0 aromatic heterocycles. The van der Waals surface area contributed by atoms with Crippen LogP contribution in [0.15, 0.2) is 23.1 Å². The van der Waals surface area contributed by atoms with Crippen LogP contribution in [0.25, 0.3) is 0 Å². The molecule has 0 aliphatic carbocycles. The highest BCUT2D eigenvalue weighted by Gasteiger charge is 2.15. The summed E-state index contributed by atoms with van der Waals surface area (Å²) in [6.07, 6.45) is 3.12. The summed E-state index contributed by atoms with van der Waals surface area (Å²) in [6.45, 7) is 3.98. The number of hydrogen-bond acceptors (Lipinski definition) is 4. The van der Waals surface area contributed by atoms with Crippen molar-refractivity contribution in [3.05, 3.63) is 18.2 Å². The normalized spacial score (nSPS) is 11.1. The summed E-state index contributed by atoms with van der Waals surface area (Å²) in [5, 5.41) is 8.94. The van der Waals surface area contributed by atoms with Gasteiger partial charge in [0.1, 0.15) is 5.75 Å². The summed E-state index contributed by atoms with van der Waals surface area (Å²) in [6, 6.07) is 8.07. The molecule has 1 aromatic carbocycles.